The van der Waals surface area contributed by atoms with Crippen molar-refractivity contribution in [1.82, 2.24) is 4.98 Å². The van der Waals surface area contributed by atoms with Crippen molar-refractivity contribution >= 4 is 55.5 Å². The molecule has 3 aromatic carbocycles. The molecule has 3 heteroatoms. The first-order chi connectivity index (χ1) is 14.6. The third-order valence-electron chi connectivity index (χ3n) is 6.16. The van der Waals surface area contributed by atoms with Crippen LogP contribution in [0.1, 0.15) is 26.3 Å². The van der Waals surface area contributed by atoms with Crippen LogP contribution in [0.25, 0.3) is 42.2 Å². The lowest BCUT2D eigenvalue weighted by Crippen LogP contribution is -2.37. The van der Waals surface area contributed by atoms with E-state index in [4.69, 9.17) is 4.98 Å². The molecule has 0 atom stereocenters. The van der Waals surface area contributed by atoms with Gasteiger partial charge in [0.05, 0.1) is 13.8 Å². The predicted octanol–water partition coefficient (Wildman–Crippen LogP) is 8.11. The van der Waals surface area contributed by atoms with Gasteiger partial charge in [0.1, 0.15) is 0 Å². The average Bonchev–Trinajstić information content (AvgIpc) is 3.10. The summed E-state index contributed by atoms with van der Waals surface area (Å²) in [4.78, 5) is 4.94. The van der Waals surface area contributed by atoms with Crippen LogP contribution in [0.4, 0.5) is 0 Å². The predicted molar refractivity (Wildman–Crippen MR) is 142 cm³/mol. The Morgan fingerprint density at radius 1 is 0.839 bits per heavy atom. The Bertz CT molecular complexity index is 1450. The van der Waals surface area contributed by atoms with Crippen LogP contribution < -0.4 is 5.19 Å². The molecule has 0 fully saturated rings. The van der Waals surface area contributed by atoms with Crippen LogP contribution in [0.15, 0.2) is 66.9 Å². The lowest BCUT2D eigenvalue weighted by molar-refractivity contribution is 0.596. The van der Waals surface area contributed by atoms with Gasteiger partial charge in [-0.15, -0.1) is 11.3 Å². The number of thiophene rings is 1. The Kier molecular flexibility index (Phi) is 4.62. The SMILES string of the molecule is CC(C)(C)c1cc(-c2nccc3sc4c([Si](C)(C)C)cccc4c23)cc2ccccc12. The molecule has 0 aliphatic rings. The Morgan fingerprint density at radius 2 is 1.58 bits per heavy atom. The fourth-order valence-corrected chi connectivity index (χ4v) is 8.22. The molecule has 31 heavy (non-hydrogen) atoms. The molecule has 0 N–H and O–H groups in total. The highest BCUT2D eigenvalue weighted by Crippen LogP contribution is 2.41. The molecule has 0 saturated heterocycles. The molecule has 0 aliphatic heterocycles. The Labute approximate surface area is 189 Å². The minimum absolute atomic E-state index is 0.0607. The summed E-state index contributed by atoms with van der Waals surface area (Å²) in [6.45, 7) is 14.2. The third kappa shape index (κ3) is 3.40. The van der Waals surface area contributed by atoms with Crippen molar-refractivity contribution in [2.45, 2.75) is 45.8 Å². The summed E-state index contributed by atoms with van der Waals surface area (Å²) in [6.07, 6.45) is 1.98. The second kappa shape index (κ2) is 7.01. The van der Waals surface area contributed by atoms with Crippen molar-refractivity contribution in [1.29, 1.82) is 0 Å². The van der Waals surface area contributed by atoms with Gasteiger partial charge >= 0.3 is 0 Å². The summed E-state index contributed by atoms with van der Waals surface area (Å²) in [5.74, 6) is 0. The standard InChI is InChI=1S/C28H29NSSi/c1-28(2,3)22-17-19(16-18-10-7-8-11-20(18)22)26-25-21-12-9-13-24(31(4,5)6)27(21)30-23(25)14-15-29-26/h7-17H,1-6H3. The van der Waals surface area contributed by atoms with Gasteiger partial charge in [-0.05, 0) is 45.1 Å². The van der Waals surface area contributed by atoms with Crippen LogP contribution in [-0.2, 0) is 5.41 Å². The molecule has 1 nitrogen and oxygen atoms in total. The molecule has 0 spiro atoms. The fourth-order valence-electron chi connectivity index (χ4n) is 4.62. The molecule has 0 amide bonds. The maximum absolute atomic E-state index is 4.94. The first-order valence-corrected chi connectivity index (χ1v) is 15.3. The molecule has 5 aromatic rings. The lowest BCUT2D eigenvalue weighted by atomic mass is 9.82. The molecule has 156 valence electrons. The van der Waals surface area contributed by atoms with Gasteiger partial charge in [0.15, 0.2) is 0 Å². The van der Waals surface area contributed by atoms with Gasteiger partial charge in [-0.1, -0.05) is 82.9 Å². The molecule has 2 heterocycles. The Balaban J connectivity index is 1.87. The minimum atomic E-state index is -1.44. The second-order valence-corrected chi connectivity index (χ2v) is 16.7. The first-order valence-electron chi connectivity index (χ1n) is 11.0. The van der Waals surface area contributed by atoms with E-state index in [0.29, 0.717) is 0 Å². The van der Waals surface area contributed by atoms with Crippen LogP contribution in [0, 0.1) is 0 Å². The topological polar surface area (TPSA) is 12.9 Å². The van der Waals surface area contributed by atoms with E-state index in [1.165, 1.54) is 42.1 Å². The molecule has 0 radical (unpaired) electrons. The fraction of sp³-hybridized carbons (Fsp3) is 0.250. The van der Waals surface area contributed by atoms with E-state index in [1.807, 2.05) is 17.5 Å². The maximum atomic E-state index is 4.94. The highest BCUT2D eigenvalue weighted by molar-refractivity contribution is 7.27. The van der Waals surface area contributed by atoms with Gasteiger partial charge in [-0.25, -0.2) is 0 Å². The molecule has 0 aliphatic carbocycles. The van der Waals surface area contributed by atoms with Crippen LogP contribution in [0.5, 0.6) is 0 Å². The first kappa shape index (κ1) is 20.4. The van der Waals surface area contributed by atoms with Gasteiger partial charge in [0.25, 0.3) is 0 Å². The summed E-state index contributed by atoms with van der Waals surface area (Å²) in [5.41, 5.74) is 3.76. The van der Waals surface area contributed by atoms with Crippen molar-refractivity contribution in [3.05, 3.63) is 72.4 Å². The normalized spacial score (nSPS) is 12.8. The van der Waals surface area contributed by atoms with E-state index in [1.54, 1.807) is 5.19 Å². The van der Waals surface area contributed by atoms with Gasteiger partial charge in [0, 0.05) is 31.9 Å². The van der Waals surface area contributed by atoms with E-state index in [-0.39, 0.29) is 5.41 Å². The van der Waals surface area contributed by atoms with Crippen molar-refractivity contribution in [3.8, 4) is 11.3 Å². The van der Waals surface area contributed by atoms with Crippen LogP contribution in [0.2, 0.25) is 19.6 Å². The van der Waals surface area contributed by atoms with Crippen molar-refractivity contribution in [3.63, 3.8) is 0 Å². The highest BCUT2D eigenvalue weighted by Gasteiger charge is 2.23. The zero-order valence-corrected chi connectivity index (χ0v) is 21.0. The maximum Gasteiger partial charge on any atom is 0.0795 e. The number of aromatic nitrogens is 1. The molecular weight excluding hydrogens is 410 g/mol. The molecule has 2 aromatic heterocycles. The highest BCUT2D eigenvalue weighted by atomic mass is 32.1. The zero-order chi connectivity index (χ0) is 22.0. The Hall–Kier alpha value is -2.49. The van der Waals surface area contributed by atoms with Gasteiger partial charge in [0.2, 0.25) is 0 Å². The van der Waals surface area contributed by atoms with E-state index in [9.17, 15) is 0 Å². The summed E-state index contributed by atoms with van der Waals surface area (Å²) in [5, 5.41) is 6.82. The Morgan fingerprint density at radius 3 is 2.32 bits per heavy atom. The van der Waals surface area contributed by atoms with Crippen LogP contribution >= 0.6 is 11.3 Å². The quantitative estimate of drug-likeness (QED) is 0.253. The van der Waals surface area contributed by atoms with Gasteiger partial charge in [-0.2, -0.15) is 0 Å². The number of pyridine rings is 1. The summed E-state index contributed by atoms with van der Waals surface area (Å²) in [7, 11) is -1.44. The van der Waals surface area contributed by atoms with E-state index < -0.39 is 8.07 Å². The number of nitrogens with zero attached hydrogens (tertiary/aromatic N) is 1. The van der Waals surface area contributed by atoms with E-state index in [0.717, 1.165) is 5.69 Å². The van der Waals surface area contributed by atoms with Crippen molar-refractivity contribution in [2.75, 3.05) is 0 Å². The molecule has 5 rings (SSSR count). The zero-order valence-electron chi connectivity index (χ0n) is 19.2. The van der Waals surface area contributed by atoms with E-state index in [2.05, 4.69) is 101 Å². The number of rotatable bonds is 2. The smallest absolute Gasteiger partial charge is 0.0795 e. The van der Waals surface area contributed by atoms with Crippen LogP contribution in [0.3, 0.4) is 0 Å². The molecule has 0 saturated carbocycles. The summed E-state index contributed by atoms with van der Waals surface area (Å²) >= 11 is 1.93. The number of hydrogen-bond acceptors (Lipinski definition) is 2. The third-order valence-corrected chi connectivity index (χ3v) is 9.58. The minimum Gasteiger partial charge on any atom is -0.256 e. The van der Waals surface area contributed by atoms with Gasteiger partial charge < -0.3 is 0 Å². The molecule has 0 unspecified atom stereocenters. The van der Waals surface area contributed by atoms with Crippen molar-refractivity contribution < 1.29 is 0 Å². The van der Waals surface area contributed by atoms with E-state index >= 15 is 0 Å². The second-order valence-electron chi connectivity index (χ2n) is 10.6. The van der Waals surface area contributed by atoms with Gasteiger partial charge in [-0.3, -0.25) is 4.98 Å². The molecular formula is C28H29NSSi. The summed E-state index contributed by atoms with van der Waals surface area (Å²) in [6, 6.07) is 22.5. The largest absolute Gasteiger partial charge is 0.256 e. The van der Waals surface area contributed by atoms with Crippen LogP contribution in [-0.4, -0.2) is 13.1 Å². The molecule has 0 bridgehead atoms. The average molecular weight is 440 g/mol. The monoisotopic (exact) mass is 439 g/mol. The summed E-state index contributed by atoms with van der Waals surface area (Å²) < 4.78 is 2.78. The number of benzene rings is 3. The lowest BCUT2D eigenvalue weighted by Gasteiger charge is -2.23. The van der Waals surface area contributed by atoms with Crippen molar-refractivity contribution in [2.24, 2.45) is 0 Å². The number of fused-ring (bicyclic) bond motifs is 4. The number of hydrogen-bond donors (Lipinski definition) is 0.